The van der Waals surface area contributed by atoms with Gasteiger partial charge in [-0.25, -0.2) is 9.78 Å². The first kappa shape index (κ1) is 23.0. The Hall–Kier alpha value is -4.17. The number of hydrogen-bond acceptors (Lipinski definition) is 7. The number of ether oxygens (including phenoxy) is 3. The van der Waals surface area contributed by atoms with Crippen LogP contribution in [0.2, 0.25) is 0 Å². The number of nitrogens with zero attached hydrogens (tertiary/aromatic N) is 2. The third kappa shape index (κ3) is 3.04. The van der Waals surface area contributed by atoms with Crippen LogP contribution in [0.4, 0.5) is 0 Å². The molecule has 0 fully saturated rings. The molecule has 3 aliphatic rings. The van der Waals surface area contributed by atoms with Crippen LogP contribution in [-0.4, -0.2) is 27.4 Å². The summed E-state index contributed by atoms with van der Waals surface area (Å²) in [6, 6.07) is 14.0. The summed E-state index contributed by atoms with van der Waals surface area (Å²) < 4.78 is 18.2. The number of carbonyl (C=O) groups excluding carboxylic acids is 1. The van der Waals surface area contributed by atoms with Crippen LogP contribution in [-0.2, 0) is 28.3 Å². The summed E-state index contributed by atoms with van der Waals surface area (Å²) in [5, 5.41) is 12.1. The zero-order valence-electron chi connectivity index (χ0n) is 21.3. The van der Waals surface area contributed by atoms with Crippen molar-refractivity contribution in [3.8, 4) is 34.0 Å². The standard InChI is InChI=1S/C30H26N2O6/c1-4-30(35)21-10-23-27-19(12-32(23)28(33)20(21)13-36-29(30)34)26(17-7-5-16(6-8-17)15(2)3)18-9-24-25(38-14-37-24)11-22(18)31-27/h5-11,15,35H,4,12-14H2,1-3H3/t30-/m0/s1. The van der Waals surface area contributed by atoms with Crippen LogP contribution in [0, 0.1) is 0 Å². The van der Waals surface area contributed by atoms with Crippen LogP contribution in [0.15, 0.2) is 47.3 Å². The molecule has 0 unspecified atom stereocenters. The normalized spacial score (nSPS) is 18.9. The Morgan fingerprint density at radius 1 is 1.03 bits per heavy atom. The molecular weight excluding hydrogens is 484 g/mol. The summed E-state index contributed by atoms with van der Waals surface area (Å²) in [5.41, 5.74) is 4.50. The molecular formula is C30H26N2O6. The third-order valence-corrected chi connectivity index (χ3v) is 8.05. The molecule has 0 aliphatic carbocycles. The summed E-state index contributed by atoms with van der Waals surface area (Å²) in [7, 11) is 0. The van der Waals surface area contributed by atoms with E-state index in [1.54, 1.807) is 17.6 Å². The molecule has 38 heavy (non-hydrogen) atoms. The highest BCUT2D eigenvalue weighted by Gasteiger charge is 2.45. The lowest BCUT2D eigenvalue weighted by atomic mass is 9.86. The molecule has 0 amide bonds. The Bertz CT molecular complexity index is 1740. The molecule has 192 valence electrons. The maximum absolute atomic E-state index is 13.7. The summed E-state index contributed by atoms with van der Waals surface area (Å²) in [6.45, 7) is 6.32. The van der Waals surface area contributed by atoms with Gasteiger partial charge in [-0.15, -0.1) is 0 Å². The predicted molar refractivity (Wildman–Crippen MR) is 140 cm³/mol. The molecule has 8 nitrogen and oxygen atoms in total. The van der Waals surface area contributed by atoms with E-state index in [9.17, 15) is 14.7 Å². The maximum Gasteiger partial charge on any atom is 0.343 e. The molecule has 0 spiro atoms. The van der Waals surface area contributed by atoms with Crippen molar-refractivity contribution >= 4 is 16.9 Å². The quantitative estimate of drug-likeness (QED) is 0.354. The molecule has 2 aromatic carbocycles. The fourth-order valence-corrected chi connectivity index (χ4v) is 5.83. The van der Waals surface area contributed by atoms with Gasteiger partial charge in [0.2, 0.25) is 6.79 Å². The van der Waals surface area contributed by atoms with Gasteiger partial charge in [-0.2, -0.15) is 0 Å². The first-order valence-corrected chi connectivity index (χ1v) is 12.8. The van der Waals surface area contributed by atoms with Crippen molar-refractivity contribution in [3.63, 3.8) is 0 Å². The number of cyclic esters (lactones) is 1. The lowest BCUT2D eigenvalue weighted by Gasteiger charge is -2.31. The van der Waals surface area contributed by atoms with Gasteiger partial charge in [0, 0.05) is 22.6 Å². The van der Waals surface area contributed by atoms with Gasteiger partial charge in [-0.1, -0.05) is 45.0 Å². The van der Waals surface area contributed by atoms with Crippen molar-refractivity contribution in [2.45, 2.75) is 51.9 Å². The summed E-state index contributed by atoms with van der Waals surface area (Å²) >= 11 is 0. The highest BCUT2D eigenvalue weighted by molar-refractivity contribution is 6.01. The van der Waals surface area contributed by atoms with Crippen molar-refractivity contribution in [2.75, 3.05) is 6.79 Å². The van der Waals surface area contributed by atoms with Gasteiger partial charge in [-0.3, -0.25) is 4.79 Å². The van der Waals surface area contributed by atoms with Crippen LogP contribution < -0.4 is 15.0 Å². The minimum Gasteiger partial charge on any atom is -0.458 e. The fraction of sp³-hybridized carbons (Fsp3) is 0.300. The molecule has 1 N–H and O–H groups in total. The van der Waals surface area contributed by atoms with Crippen molar-refractivity contribution in [2.24, 2.45) is 0 Å². The predicted octanol–water partition coefficient (Wildman–Crippen LogP) is 4.60. The molecule has 5 heterocycles. The van der Waals surface area contributed by atoms with Gasteiger partial charge in [-0.05, 0) is 41.2 Å². The number of aliphatic hydroxyl groups is 1. The summed E-state index contributed by atoms with van der Waals surface area (Å²) in [4.78, 5) is 31.2. The topological polar surface area (TPSA) is 99.9 Å². The summed E-state index contributed by atoms with van der Waals surface area (Å²) in [6.07, 6.45) is 0.0939. The molecule has 1 atom stereocenters. The fourth-order valence-electron chi connectivity index (χ4n) is 5.83. The minimum atomic E-state index is -1.87. The average Bonchev–Trinajstić information content (AvgIpc) is 3.53. The lowest BCUT2D eigenvalue weighted by Crippen LogP contribution is -2.44. The molecule has 3 aliphatic heterocycles. The SMILES string of the molecule is CC[C@@]1(O)C(=O)OCc2c1cc1n(c2=O)Cc2c-1nc1cc3c(cc1c2-c1ccc(C(C)C)cc1)OCO3. The maximum atomic E-state index is 13.7. The number of carbonyl (C=O) groups is 1. The molecule has 0 saturated heterocycles. The highest BCUT2D eigenvalue weighted by Crippen LogP contribution is 2.46. The van der Waals surface area contributed by atoms with Crippen LogP contribution in [0.3, 0.4) is 0 Å². The van der Waals surface area contributed by atoms with Crippen molar-refractivity contribution in [3.05, 3.63) is 75.1 Å². The Labute approximate surface area is 218 Å². The number of esters is 1. The Kier molecular flexibility index (Phi) is 4.79. The second-order valence-corrected chi connectivity index (χ2v) is 10.4. The van der Waals surface area contributed by atoms with E-state index in [4.69, 9.17) is 19.2 Å². The van der Waals surface area contributed by atoms with Crippen LogP contribution in [0.5, 0.6) is 11.5 Å². The number of hydrogen-bond donors (Lipinski definition) is 1. The van der Waals surface area contributed by atoms with Gasteiger partial charge >= 0.3 is 5.97 Å². The van der Waals surface area contributed by atoms with E-state index in [2.05, 4.69) is 38.1 Å². The summed E-state index contributed by atoms with van der Waals surface area (Å²) in [5.74, 6) is 0.940. The lowest BCUT2D eigenvalue weighted by molar-refractivity contribution is -0.172. The first-order chi connectivity index (χ1) is 18.3. The van der Waals surface area contributed by atoms with Gasteiger partial charge in [0.05, 0.1) is 29.0 Å². The van der Waals surface area contributed by atoms with Gasteiger partial charge < -0.3 is 23.9 Å². The molecule has 0 bridgehead atoms. The zero-order valence-corrected chi connectivity index (χ0v) is 21.3. The second kappa shape index (κ2) is 7.91. The van der Waals surface area contributed by atoms with E-state index >= 15 is 0 Å². The van der Waals surface area contributed by atoms with Crippen molar-refractivity contribution in [1.29, 1.82) is 0 Å². The highest BCUT2D eigenvalue weighted by atomic mass is 16.7. The third-order valence-electron chi connectivity index (χ3n) is 8.05. The monoisotopic (exact) mass is 510 g/mol. The molecule has 8 heteroatoms. The van der Waals surface area contributed by atoms with E-state index in [-0.39, 0.29) is 25.4 Å². The van der Waals surface area contributed by atoms with E-state index in [0.29, 0.717) is 52.0 Å². The number of rotatable bonds is 3. The number of aromatic nitrogens is 2. The molecule has 0 saturated carbocycles. The number of fused-ring (bicyclic) bond motifs is 6. The van der Waals surface area contributed by atoms with Gasteiger partial charge in [0.25, 0.3) is 5.56 Å². The van der Waals surface area contributed by atoms with Crippen LogP contribution in [0.25, 0.3) is 33.4 Å². The minimum absolute atomic E-state index is 0.0939. The first-order valence-electron chi connectivity index (χ1n) is 12.8. The molecule has 7 rings (SSSR count). The van der Waals surface area contributed by atoms with Crippen molar-refractivity contribution < 1.29 is 24.1 Å². The average molecular weight is 511 g/mol. The van der Waals surface area contributed by atoms with E-state index in [1.165, 1.54) is 5.56 Å². The van der Waals surface area contributed by atoms with Crippen LogP contribution >= 0.6 is 0 Å². The molecule has 2 aromatic heterocycles. The Morgan fingerprint density at radius 3 is 2.47 bits per heavy atom. The van der Waals surface area contributed by atoms with E-state index in [1.807, 2.05) is 12.1 Å². The molecule has 4 aromatic rings. The smallest absolute Gasteiger partial charge is 0.343 e. The van der Waals surface area contributed by atoms with Crippen LogP contribution in [0.1, 0.15) is 55.4 Å². The van der Waals surface area contributed by atoms with E-state index in [0.717, 1.165) is 22.1 Å². The Balaban J connectivity index is 1.53. The van der Waals surface area contributed by atoms with E-state index < -0.39 is 11.6 Å². The molecule has 0 radical (unpaired) electrons. The Morgan fingerprint density at radius 2 is 1.76 bits per heavy atom. The second-order valence-electron chi connectivity index (χ2n) is 10.4. The zero-order chi connectivity index (χ0) is 26.3. The van der Waals surface area contributed by atoms with Gasteiger partial charge in [0.15, 0.2) is 17.1 Å². The number of pyridine rings is 2. The van der Waals surface area contributed by atoms with Crippen molar-refractivity contribution in [1.82, 2.24) is 9.55 Å². The van der Waals surface area contributed by atoms with Gasteiger partial charge in [0.1, 0.15) is 6.61 Å². The largest absolute Gasteiger partial charge is 0.458 e. The number of benzene rings is 2.